The van der Waals surface area contributed by atoms with Crippen molar-refractivity contribution in [2.75, 3.05) is 11.1 Å². The molecular formula is C18H15NO4S. The maximum atomic E-state index is 12.4. The normalized spacial score (nSPS) is 11.3. The minimum Gasteiger partial charge on any atom is -0.506 e. The second-order valence-corrected chi connectivity index (χ2v) is 7.32. The topological polar surface area (TPSA) is 83.5 Å². The van der Waals surface area contributed by atoms with E-state index in [2.05, 4.69) is 5.32 Å². The lowest BCUT2D eigenvalue weighted by Crippen LogP contribution is -2.23. The first-order chi connectivity index (χ1) is 11.5. The first-order valence-corrected chi connectivity index (χ1v) is 8.90. The zero-order valence-electron chi connectivity index (χ0n) is 12.6. The highest BCUT2D eigenvalue weighted by molar-refractivity contribution is 7.92. The van der Waals surface area contributed by atoms with E-state index in [9.17, 15) is 18.3 Å². The molecule has 0 unspecified atom stereocenters. The van der Waals surface area contributed by atoms with Gasteiger partial charge in [0.1, 0.15) is 11.5 Å². The maximum absolute atomic E-state index is 12.4. The molecule has 0 atom stereocenters. The van der Waals surface area contributed by atoms with Crippen molar-refractivity contribution in [3.63, 3.8) is 0 Å². The van der Waals surface area contributed by atoms with E-state index in [1.807, 2.05) is 24.3 Å². The van der Waals surface area contributed by atoms with Crippen LogP contribution in [0.5, 0.6) is 5.75 Å². The first kappa shape index (κ1) is 16.0. The summed E-state index contributed by atoms with van der Waals surface area (Å²) in [5, 5.41) is 13.8. The lowest BCUT2D eigenvalue weighted by atomic mass is 10.1. The Bertz CT molecular complexity index is 1010. The van der Waals surface area contributed by atoms with Gasteiger partial charge in [-0.1, -0.05) is 42.5 Å². The third-order valence-electron chi connectivity index (χ3n) is 3.58. The summed E-state index contributed by atoms with van der Waals surface area (Å²) in [6, 6.07) is 18.3. The van der Waals surface area contributed by atoms with Gasteiger partial charge in [0.15, 0.2) is 9.84 Å². The van der Waals surface area contributed by atoms with Crippen molar-refractivity contribution in [3.05, 3.63) is 66.7 Å². The highest BCUT2D eigenvalue weighted by Gasteiger charge is 2.20. The summed E-state index contributed by atoms with van der Waals surface area (Å²) in [7, 11) is -3.78. The predicted molar refractivity (Wildman–Crippen MR) is 92.7 cm³/mol. The third-order valence-corrected chi connectivity index (χ3v) is 5.19. The molecule has 3 rings (SSSR count). The minimum atomic E-state index is -3.78. The second-order valence-electron chi connectivity index (χ2n) is 5.33. The van der Waals surface area contributed by atoms with Gasteiger partial charge in [-0.2, -0.15) is 0 Å². The van der Waals surface area contributed by atoms with Crippen LogP contribution in [0, 0.1) is 0 Å². The summed E-state index contributed by atoms with van der Waals surface area (Å²) in [6.07, 6.45) is 0. The molecule has 0 heterocycles. The molecule has 0 aromatic heterocycles. The van der Waals surface area contributed by atoms with Gasteiger partial charge in [0, 0.05) is 0 Å². The van der Waals surface area contributed by atoms with Gasteiger partial charge >= 0.3 is 0 Å². The van der Waals surface area contributed by atoms with Crippen molar-refractivity contribution in [1.82, 2.24) is 0 Å². The van der Waals surface area contributed by atoms with Crippen molar-refractivity contribution in [1.29, 1.82) is 0 Å². The van der Waals surface area contributed by atoms with E-state index >= 15 is 0 Å². The number of carbonyl (C=O) groups excluding carboxylic acids is 1. The number of hydrogen-bond donors (Lipinski definition) is 2. The van der Waals surface area contributed by atoms with Crippen LogP contribution >= 0.6 is 0 Å². The smallest absolute Gasteiger partial charge is 0.240 e. The number of carbonyl (C=O) groups is 1. The lowest BCUT2D eigenvalue weighted by molar-refractivity contribution is -0.113. The average molecular weight is 341 g/mol. The summed E-state index contributed by atoms with van der Waals surface area (Å²) in [6.45, 7) is 0. The number of hydrogen-bond acceptors (Lipinski definition) is 4. The minimum absolute atomic E-state index is 0.0913. The number of phenols is 1. The molecule has 122 valence electrons. The SMILES string of the molecule is O=C(CS(=O)(=O)c1ccc2ccccc2c1)Nc1ccccc1O. The highest BCUT2D eigenvalue weighted by atomic mass is 32.2. The number of sulfone groups is 1. The zero-order chi connectivity index (χ0) is 17.2. The number of phenolic OH excluding ortho intramolecular Hbond substituents is 1. The molecule has 24 heavy (non-hydrogen) atoms. The Morgan fingerprint density at radius 3 is 2.33 bits per heavy atom. The van der Waals surface area contributed by atoms with Crippen molar-refractivity contribution in [3.8, 4) is 5.75 Å². The Labute approximate surface area is 139 Å². The molecule has 0 bridgehead atoms. The van der Waals surface area contributed by atoms with Crippen LogP contribution in [-0.4, -0.2) is 25.2 Å². The summed E-state index contributed by atoms with van der Waals surface area (Å²) in [5.41, 5.74) is 0.177. The molecule has 0 saturated carbocycles. The van der Waals surface area contributed by atoms with E-state index in [1.165, 1.54) is 18.2 Å². The van der Waals surface area contributed by atoms with E-state index in [0.29, 0.717) is 0 Å². The van der Waals surface area contributed by atoms with E-state index in [0.717, 1.165) is 10.8 Å². The van der Waals surface area contributed by atoms with Gasteiger partial charge in [0.2, 0.25) is 5.91 Å². The van der Waals surface area contributed by atoms with Gasteiger partial charge in [-0.05, 0) is 35.0 Å². The third kappa shape index (κ3) is 3.38. The largest absolute Gasteiger partial charge is 0.506 e. The molecule has 0 spiro atoms. The number of benzene rings is 3. The fraction of sp³-hybridized carbons (Fsp3) is 0.0556. The van der Waals surface area contributed by atoms with Crippen molar-refractivity contribution in [2.45, 2.75) is 4.90 Å². The predicted octanol–water partition coefficient (Wildman–Crippen LogP) is 2.96. The monoisotopic (exact) mass is 341 g/mol. The number of nitrogens with one attached hydrogen (secondary N) is 1. The van der Waals surface area contributed by atoms with Crippen LogP contribution in [0.15, 0.2) is 71.6 Å². The van der Waals surface area contributed by atoms with Crippen molar-refractivity contribution >= 4 is 32.2 Å². The van der Waals surface area contributed by atoms with Crippen LogP contribution in [0.4, 0.5) is 5.69 Å². The van der Waals surface area contributed by atoms with Crippen molar-refractivity contribution in [2.24, 2.45) is 0 Å². The molecule has 0 saturated heterocycles. The quantitative estimate of drug-likeness (QED) is 0.715. The second kappa shape index (κ2) is 6.33. The molecule has 3 aromatic carbocycles. The van der Waals surface area contributed by atoms with E-state index in [4.69, 9.17) is 0 Å². The standard InChI is InChI=1S/C18H15NO4S/c20-17-8-4-3-7-16(17)19-18(21)12-24(22,23)15-10-9-13-5-1-2-6-14(13)11-15/h1-11,20H,12H2,(H,19,21). The molecule has 6 heteroatoms. The Balaban J connectivity index is 1.82. The van der Waals surface area contributed by atoms with Crippen molar-refractivity contribution < 1.29 is 18.3 Å². The molecule has 2 N–H and O–H groups in total. The number of para-hydroxylation sites is 2. The van der Waals surface area contributed by atoms with Crippen LogP contribution in [-0.2, 0) is 14.6 Å². The van der Waals surface area contributed by atoms with Gasteiger partial charge in [-0.3, -0.25) is 4.79 Å². The number of anilines is 1. The highest BCUT2D eigenvalue weighted by Crippen LogP contribution is 2.23. The van der Waals surface area contributed by atoms with Crippen LogP contribution in [0.3, 0.4) is 0 Å². The molecule has 0 aliphatic carbocycles. The summed E-state index contributed by atoms with van der Waals surface area (Å²) >= 11 is 0. The number of aromatic hydroxyl groups is 1. The fourth-order valence-corrected chi connectivity index (χ4v) is 3.55. The number of fused-ring (bicyclic) bond motifs is 1. The van der Waals surface area contributed by atoms with E-state index < -0.39 is 21.5 Å². The summed E-state index contributed by atoms with van der Waals surface area (Å²) in [4.78, 5) is 12.1. The van der Waals surface area contributed by atoms with Gasteiger partial charge in [0.25, 0.3) is 0 Å². The molecule has 1 amide bonds. The van der Waals surface area contributed by atoms with Crippen LogP contribution in [0.1, 0.15) is 0 Å². The van der Waals surface area contributed by atoms with E-state index in [-0.39, 0.29) is 16.3 Å². The van der Waals surface area contributed by atoms with Crippen LogP contribution < -0.4 is 5.32 Å². The Kier molecular flexibility index (Phi) is 4.22. The zero-order valence-corrected chi connectivity index (χ0v) is 13.5. The Morgan fingerprint density at radius 1 is 0.917 bits per heavy atom. The molecule has 0 aliphatic heterocycles. The number of rotatable bonds is 4. The summed E-state index contributed by atoms with van der Waals surface area (Å²) in [5.74, 6) is -1.52. The summed E-state index contributed by atoms with van der Waals surface area (Å²) < 4.78 is 24.9. The molecule has 5 nitrogen and oxygen atoms in total. The Morgan fingerprint density at radius 2 is 1.58 bits per heavy atom. The first-order valence-electron chi connectivity index (χ1n) is 7.25. The van der Waals surface area contributed by atoms with Gasteiger partial charge in [-0.25, -0.2) is 8.42 Å². The molecule has 3 aromatic rings. The van der Waals surface area contributed by atoms with Gasteiger partial charge in [0.05, 0.1) is 10.6 Å². The van der Waals surface area contributed by atoms with E-state index in [1.54, 1.807) is 24.3 Å². The lowest BCUT2D eigenvalue weighted by Gasteiger charge is -2.08. The molecule has 0 fully saturated rings. The molecule has 0 aliphatic rings. The fourth-order valence-electron chi connectivity index (χ4n) is 2.38. The molecule has 0 radical (unpaired) electrons. The Hall–Kier alpha value is -2.86. The number of amides is 1. The van der Waals surface area contributed by atoms with Crippen LogP contribution in [0.25, 0.3) is 10.8 Å². The molecular weight excluding hydrogens is 326 g/mol. The average Bonchev–Trinajstić information content (AvgIpc) is 2.56. The maximum Gasteiger partial charge on any atom is 0.240 e. The van der Waals surface area contributed by atoms with Gasteiger partial charge in [-0.15, -0.1) is 0 Å². The van der Waals surface area contributed by atoms with Crippen LogP contribution in [0.2, 0.25) is 0 Å². The van der Waals surface area contributed by atoms with Gasteiger partial charge < -0.3 is 10.4 Å².